The Hall–Kier alpha value is -3.92. The highest BCUT2D eigenvalue weighted by atomic mass is 32.2. The van der Waals surface area contributed by atoms with Gasteiger partial charge < -0.3 is 15.5 Å². The Labute approximate surface area is 200 Å². The highest BCUT2D eigenvalue weighted by Gasteiger charge is 2.23. The summed E-state index contributed by atoms with van der Waals surface area (Å²) in [6.07, 6.45) is 1.81. The minimum absolute atomic E-state index is 0.0481. The molecule has 2 heterocycles. The van der Waals surface area contributed by atoms with Gasteiger partial charge in [0.1, 0.15) is 0 Å². The second-order valence-corrected chi connectivity index (χ2v) is 8.63. The zero-order valence-corrected chi connectivity index (χ0v) is 19.3. The van der Waals surface area contributed by atoms with E-state index in [0.29, 0.717) is 12.1 Å². The Morgan fingerprint density at radius 2 is 1.79 bits per heavy atom. The molecule has 3 N–H and O–H groups in total. The number of nitrogens with zero attached hydrogens (tertiary/aromatic N) is 2. The molecule has 0 saturated heterocycles. The average Bonchev–Trinajstić information content (AvgIpc) is 2.84. The molecule has 174 valence electrons. The molecule has 3 amide bonds. The van der Waals surface area contributed by atoms with Crippen LogP contribution in [0.4, 0.5) is 17.2 Å². The number of H-pyrrole nitrogens is 1. The third-order valence-electron chi connectivity index (χ3n) is 5.21. The molecule has 0 aliphatic carbocycles. The van der Waals surface area contributed by atoms with Gasteiger partial charge in [-0.05, 0) is 36.6 Å². The zero-order valence-electron chi connectivity index (χ0n) is 18.5. The molecule has 9 nitrogen and oxygen atoms in total. The molecule has 3 aromatic rings. The first-order valence-electron chi connectivity index (χ1n) is 10.7. The number of thioether (sulfide) groups is 1. The van der Waals surface area contributed by atoms with Crippen molar-refractivity contribution in [3.8, 4) is 0 Å². The molecule has 0 saturated carbocycles. The Kier molecular flexibility index (Phi) is 7.07. The lowest BCUT2D eigenvalue weighted by atomic mass is 10.0. The highest BCUT2D eigenvalue weighted by Crippen LogP contribution is 2.28. The fraction of sp³-hybridized carbons (Fsp3) is 0.208. The van der Waals surface area contributed by atoms with Crippen LogP contribution in [0.3, 0.4) is 0 Å². The van der Waals surface area contributed by atoms with Crippen LogP contribution in [0.15, 0.2) is 64.5 Å². The number of para-hydroxylation sites is 1. The number of carbonyl (C=O) groups excluding carboxylic acids is 3. The maximum Gasteiger partial charge on any atom is 0.277 e. The first-order valence-corrected chi connectivity index (χ1v) is 11.7. The van der Waals surface area contributed by atoms with Gasteiger partial charge in [0.05, 0.1) is 5.75 Å². The van der Waals surface area contributed by atoms with Crippen molar-refractivity contribution in [2.45, 2.75) is 24.9 Å². The van der Waals surface area contributed by atoms with Crippen molar-refractivity contribution in [2.24, 2.45) is 0 Å². The SMILES string of the molecule is CC(=O)Nc1nc(SCC(=O)N2CCCc3ccccc32)[nH]c(=O)c1NC(=O)c1ccccc1. The van der Waals surface area contributed by atoms with Gasteiger partial charge in [-0.25, -0.2) is 4.98 Å². The summed E-state index contributed by atoms with van der Waals surface area (Å²) in [5.41, 5.74) is 1.57. The van der Waals surface area contributed by atoms with Gasteiger partial charge in [-0.1, -0.05) is 48.2 Å². The van der Waals surface area contributed by atoms with Crippen molar-refractivity contribution in [2.75, 3.05) is 27.8 Å². The van der Waals surface area contributed by atoms with Crippen molar-refractivity contribution >= 4 is 46.7 Å². The number of rotatable bonds is 6. The van der Waals surface area contributed by atoms with Crippen LogP contribution in [0, 0.1) is 0 Å². The molecule has 0 radical (unpaired) electrons. The van der Waals surface area contributed by atoms with Gasteiger partial charge in [0.15, 0.2) is 16.7 Å². The van der Waals surface area contributed by atoms with Crippen LogP contribution >= 0.6 is 11.8 Å². The Morgan fingerprint density at radius 1 is 1.06 bits per heavy atom. The minimum atomic E-state index is -0.638. The number of carbonyl (C=O) groups is 3. The molecule has 0 unspecified atom stereocenters. The van der Waals surface area contributed by atoms with E-state index in [9.17, 15) is 19.2 Å². The maximum absolute atomic E-state index is 12.9. The second-order valence-electron chi connectivity index (χ2n) is 7.66. The van der Waals surface area contributed by atoms with Crippen molar-refractivity contribution in [3.63, 3.8) is 0 Å². The van der Waals surface area contributed by atoms with E-state index in [-0.39, 0.29) is 28.3 Å². The van der Waals surface area contributed by atoms with Crippen molar-refractivity contribution in [1.82, 2.24) is 9.97 Å². The summed E-state index contributed by atoms with van der Waals surface area (Å²) in [5, 5.41) is 5.15. The van der Waals surface area contributed by atoms with E-state index in [4.69, 9.17) is 0 Å². The van der Waals surface area contributed by atoms with Crippen LogP contribution in [0.1, 0.15) is 29.3 Å². The van der Waals surface area contributed by atoms with Gasteiger partial charge in [0.25, 0.3) is 11.5 Å². The second kappa shape index (κ2) is 10.3. The van der Waals surface area contributed by atoms with E-state index >= 15 is 0 Å². The van der Waals surface area contributed by atoms with Crippen LogP contribution in [0.2, 0.25) is 0 Å². The van der Waals surface area contributed by atoms with E-state index in [1.165, 1.54) is 6.92 Å². The molecule has 1 aliphatic rings. The number of hydrogen-bond acceptors (Lipinski definition) is 6. The molecular weight excluding hydrogens is 454 g/mol. The van der Waals surface area contributed by atoms with Gasteiger partial charge >= 0.3 is 0 Å². The Balaban J connectivity index is 1.52. The van der Waals surface area contributed by atoms with Crippen LogP contribution in [-0.4, -0.2) is 40.0 Å². The van der Waals surface area contributed by atoms with Crippen molar-refractivity contribution in [3.05, 3.63) is 76.1 Å². The predicted octanol–water partition coefficient (Wildman–Crippen LogP) is 3.05. The Morgan fingerprint density at radius 3 is 2.56 bits per heavy atom. The number of benzene rings is 2. The van der Waals surface area contributed by atoms with E-state index in [2.05, 4.69) is 20.6 Å². The molecule has 4 rings (SSSR count). The number of aromatic nitrogens is 2. The lowest BCUT2D eigenvalue weighted by molar-refractivity contribution is -0.116. The van der Waals surface area contributed by atoms with Crippen LogP contribution in [0.5, 0.6) is 0 Å². The lowest BCUT2D eigenvalue weighted by Gasteiger charge is -2.29. The summed E-state index contributed by atoms with van der Waals surface area (Å²) in [6.45, 7) is 1.90. The quantitative estimate of drug-likeness (QED) is 0.370. The van der Waals surface area contributed by atoms with E-state index in [0.717, 1.165) is 35.9 Å². The van der Waals surface area contributed by atoms with Gasteiger partial charge in [-0.15, -0.1) is 0 Å². The molecule has 1 aliphatic heterocycles. The number of nitrogens with one attached hydrogen (secondary N) is 3. The fourth-order valence-corrected chi connectivity index (χ4v) is 4.41. The van der Waals surface area contributed by atoms with Crippen LogP contribution < -0.4 is 21.1 Å². The summed E-state index contributed by atoms with van der Waals surface area (Å²) in [5.74, 6) is -1.11. The number of aryl methyl sites for hydroxylation is 1. The van der Waals surface area contributed by atoms with Crippen LogP contribution in [-0.2, 0) is 16.0 Å². The molecule has 0 atom stereocenters. The Bertz CT molecular complexity index is 1290. The van der Waals surface area contributed by atoms with Gasteiger partial charge in [0, 0.05) is 24.7 Å². The summed E-state index contributed by atoms with van der Waals surface area (Å²) < 4.78 is 0. The van der Waals surface area contributed by atoms with Crippen molar-refractivity contribution < 1.29 is 14.4 Å². The molecule has 10 heteroatoms. The highest BCUT2D eigenvalue weighted by molar-refractivity contribution is 7.99. The van der Waals surface area contributed by atoms with Gasteiger partial charge in [0.2, 0.25) is 11.8 Å². The minimum Gasteiger partial charge on any atom is -0.314 e. The standard InChI is InChI=1S/C24H23N5O4S/c1-15(30)25-21-20(26-22(32)17-9-3-2-4-10-17)23(33)28-24(27-21)34-14-19(31)29-13-7-11-16-8-5-6-12-18(16)29/h2-6,8-10,12H,7,11,13-14H2,1H3,(H,26,32)(H2,25,27,28,30,33). The molecule has 0 fully saturated rings. The summed E-state index contributed by atoms with van der Waals surface area (Å²) in [7, 11) is 0. The average molecular weight is 478 g/mol. The van der Waals surface area contributed by atoms with Gasteiger partial charge in [-0.3, -0.25) is 24.2 Å². The van der Waals surface area contributed by atoms with E-state index < -0.39 is 17.4 Å². The zero-order chi connectivity index (χ0) is 24.1. The molecular formula is C24H23N5O4S. The normalized spacial score (nSPS) is 12.6. The number of hydrogen-bond donors (Lipinski definition) is 3. The lowest BCUT2D eigenvalue weighted by Crippen LogP contribution is -2.36. The molecule has 34 heavy (non-hydrogen) atoms. The van der Waals surface area contributed by atoms with Gasteiger partial charge in [-0.2, -0.15) is 0 Å². The number of anilines is 3. The smallest absolute Gasteiger partial charge is 0.277 e. The molecule has 1 aromatic heterocycles. The van der Waals surface area contributed by atoms with Crippen molar-refractivity contribution in [1.29, 1.82) is 0 Å². The maximum atomic E-state index is 12.9. The van der Waals surface area contributed by atoms with E-state index in [1.54, 1.807) is 35.2 Å². The third-order valence-corrected chi connectivity index (χ3v) is 6.07. The van der Waals surface area contributed by atoms with Crippen LogP contribution in [0.25, 0.3) is 0 Å². The first kappa shape index (κ1) is 23.2. The summed E-state index contributed by atoms with van der Waals surface area (Å²) in [6, 6.07) is 16.2. The van der Waals surface area contributed by atoms with E-state index in [1.807, 2.05) is 24.3 Å². The predicted molar refractivity (Wildman–Crippen MR) is 131 cm³/mol. The topological polar surface area (TPSA) is 124 Å². The number of amides is 3. The number of fused-ring (bicyclic) bond motifs is 1. The largest absolute Gasteiger partial charge is 0.314 e. The fourth-order valence-electron chi connectivity index (χ4n) is 3.67. The number of aromatic amines is 1. The molecule has 0 spiro atoms. The monoisotopic (exact) mass is 477 g/mol. The molecule has 0 bridgehead atoms. The first-order chi connectivity index (χ1) is 16.4. The molecule has 2 aromatic carbocycles. The third kappa shape index (κ3) is 5.34. The summed E-state index contributed by atoms with van der Waals surface area (Å²) >= 11 is 1.05. The summed E-state index contributed by atoms with van der Waals surface area (Å²) in [4.78, 5) is 58.5.